The summed E-state index contributed by atoms with van der Waals surface area (Å²) in [5, 5.41) is 4.09. The van der Waals surface area contributed by atoms with Gasteiger partial charge in [0.25, 0.3) is 5.91 Å². The number of urea groups is 1. The van der Waals surface area contributed by atoms with Crippen molar-refractivity contribution in [1.29, 1.82) is 0 Å². The predicted octanol–water partition coefficient (Wildman–Crippen LogP) is 3.44. The Morgan fingerprint density at radius 3 is 2.52 bits per heavy atom. The van der Waals surface area contributed by atoms with E-state index in [-0.39, 0.29) is 24.0 Å². The molecule has 0 unspecified atom stereocenters. The van der Waals surface area contributed by atoms with Gasteiger partial charge >= 0.3 is 6.03 Å². The number of pyridine rings is 1. The molecule has 1 aromatic heterocycles. The minimum absolute atomic E-state index is 0.0229. The molecular weight excluding hydrogens is 392 g/mol. The van der Waals surface area contributed by atoms with Gasteiger partial charge < -0.3 is 19.9 Å². The molecule has 2 saturated heterocycles. The van der Waals surface area contributed by atoms with Gasteiger partial charge in [-0.2, -0.15) is 0 Å². The largest absolute Gasteiger partial charge is 0.381 e. The van der Waals surface area contributed by atoms with E-state index in [1.807, 2.05) is 46.2 Å². The molecule has 2 fully saturated rings. The molecule has 31 heavy (non-hydrogen) atoms. The smallest absolute Gasteiger partial charge is 0.317 e. The zero-order valence-electron chi connectivity index (χ0n) is 18.3. The van der Waals surface area contributed by atoms with Crippen LogP contribution in [0.3, 0.4) is 0 Å². The van der Waals surface area contributed by atoms with Gasteiger partial charge in [0, 0.05) is 50.3 Å². The number of nitrogens with one attached hydrogen (secondary N) is 1. The second kappa shape index (κ2) is 10.1. The average molecular weight is 425 g/mol. The number of hydrogen-bond donors (Lipinski definition) is 1. The summed E-state index contributed by atoms with van der Waals surface area (Å²) in [5.74, 6) is -0.0303. The summed E-state index contributed by atoms with van der Waals surface area (Å²) in [6, 6.07) is 12.0. The minimum atomic E-state index is -0.0303. The van der Waals surface area contributed by atoms with Crippen molar-refractivity contribution >= 4 is 22.8 Å². The lowest BCUT2D eigenvalue weighted by atomic mass is 9.98. The summed E-state index contributed by atoms with van der Waals surface area (Å²) in [7, 11) is 0. The molecule has 2 aliphatic rings. The van der Waals surface area contributed by atoms with Crippen LogP contribution < -0.4 is 5.32 Å². The van der Waals surface area contributed by atoms with Crippen LogP contribution in [0.1, 0.15) is 49.5 Å². The van der Waals surface area contributed by atoms with E-state index in [0.29, 0.717) is 38.5 Å². The number of nitrogens with zero attached hydrogens (tertiary/aromatic N) is 3. The van der Waals surface area contributed by atoms with Crippen molar-refractivity contribution in [2.75, 3.05) is 32.8 Å². The number of fused-ring (bicyclic) bond motifs is 1. The molecule has 7 nitrogen and oxygen atoms in total. The molecule has 4 rings (SSSR count). The zero-order chi connectivity index (χ0) is 21.6. The number of piperidine rings is 1. The van der Waals surface area contributed by atoms with Crippen LogP contribution in [-0.2, 0) is 4.74 Å². The minimum Gasteiger partial charge on any atom is -0.381 e. The fraction of sp³-hybridized carbons (Fsp3) is 0.542. The normalized spacial score (nSPS) is 18.2. The predicted molar refractivity (Wildman–Crippen MR) is 120 cm³/mol. The molecule has 0 atom stereocenters. The zero-order valence-corrected chi connectivity index (χ0v) is 18.3. The Balaban J connectivity index is 1.42. The molecule has 1 aromatic carbocycles. The topological polar surface area (TPSA) is 74.8 Å². The van der Waals surface area contributed by atoms with E-state index in [0.717, 1.165) is 43.0 Å². The van der Waals surface area contributed by atoms with E-state index in [9.17, 15) is 9.59 Å². The molecule has 1 N–H and O–H groups in total. The Hall–Kier alpha value is -2.67. The quantitative estimate of drug-likeness (QED) is 0.798. The van der Waals surface area contributed by atoms with Gasteiger partial charge in [-0.25, -0.2) is 9.78 Å². The third kappa shape index (κ3) is 4.98. The molecule has 0 bridgehead atoms. The van der Waals surface area contributed by atoms with E-state index in [4.69, 9.17) is 4.74 Å². The monoisotopic (exact) mass is 424 g/mol. The lowest BCUT2D eigenvalue weighted by molar-refractivity contribution is 0.0209. The Kier molecular flexibility index (Phi) is 7.02. The first-order valence-corrected chi connectivity index (χ1v) is 11.5. The standard InChI is InChI=1S/C24H32N4O3/c1-2-13-25-24(30)28(20-11-16-31-17-12-20)19-9-14-27(15-10-19)23(29)22-8-7-18-5-3-4-6-21(18)26-22/h3-8,19-20H,2,9-17H2,1H3,(H,25,30). The Bertz CT molecular complexity index is 905. The average Bonchev–Trinajstić information content (AvgIpc) is 2.83. The van der Waals surface area contributed by atoms with Crippen LogP contribution in [0.25, 0.3) is 10.9 Å². The lowest BCUT2D eigenvalue weighted by Crippen LogP contribution is -2.56. The first-order chi connectivity index (χ1) is 15.2. The lowest BCUT2D eigenvalue weighted by Gasteiger charge is -2.43. The van der Waals surface area contributed by atoms with Crippen LogP contribution in [-0.4, -0.2) is 71.7 Å². The number of amides is 3. The van der Waals surface area contributed by atoms with Crippen LogP contribution in [0.2, 0.25) is 0 Å². The van der Waals surface area contributed by atoms with E-state index in [2.05, 4.69) is 17.2 Å². The first-order valence-electron chi connectivity index (χ1n) is 11.5. The van der Waals surface area contributed by atoms with E-state index < -0.39 is 0 Å². The SMILES string of the molecule is CCCNC(=O)N(C1CCOCC1)C1CCN(C(=O)c2ccc3ccccc3n2)CC1. The summed E-state index contributed by atoms with van der Waals surface area (Å²) >= 11 is 0. The molecule has 3 heterocycles. The molecule has 7 heteroatoms. The van der Waals surface area contributed by atoms with Gasteiger partial charge in [0.1, 0.15) is 5.69 Å². The fourth-order valence-electron chi connectivity index (χ4n) is 4.61. The maximum Gasteiger partial charge on any atom is 0.317 e. The molecular formula is C24H32N4O3. The van der Waals surface area contributed by atoms with Gasteiger partial charge in [0.15, 0.2) is 0 Å². The maximum absolute atomic E-state index is 13.1. The number of rotatable bonds is 5. The van der Waals surface area contributed by atoms with Crippen LogP contribution in [0.15, 0.2) is 36.4 Å². The molecule has 166 valence electrons. The highest BCUT2D eigenvalue weighted by atomic mass is 16.5. The highest BCUT2D eigenvalue weighted by Crippen LogP contribution is 2.25. The van der Waals surface area contributed by atoms with Crippen LogP contribution in [0, 0.1) is 0 Å². The van der Waals surface area contributed by atoms with Gasteiger partial charge in [-0.1, -0.05) is 31.2 Å². The molecule has 2 aliphatic heterocycles. The third-order valence-electron chi connectivity index (χ3n) is 6.31. The number of ether oxygens (including phenoxy) is 1. The van der Waals surface area contributed by atoms with Gasteiger partial charge in [0.2, 0.25) is 0 Å². The summed E-state index contributed by atoms with van der Waals surface area (Å²) in [6.07, 6.45) is 4.24. The summed E-state index contributed by atoms with van der Waals surface area (Å²) in [6.45, 7) is 5.42. The van der Waals surface area contributed by atoms with Gasteiger partial charge in [-0.05, 0) is 44.2 Å². The third-order valence-corrected chi connectivity index (χ3v) is 6.31. The number of likely N-dealkylation sites (tertiary alicyclic amines) is 1. The fourth-order valence-corrected chi connectivity index (χ4v) is 4.61. The van der Waals surface area contributed by atoms with Crippen molar-refractivity contribution in [3.63, 3.8) is 0 Å². The van der Waals surface area contributed by atoms with Crippen LogP contribution in [0.5, 0.6) is 0 Å². The molecule has 0 saturated carbocycles. The number of carbonyl (C=O) groups is 2. The Labute approximate surface area is 183 Å². The van der Waals surface area contributed by atoms with E-state index in [1.165, 1.54) is 0 Å². The van der Waals surface area contributed by atoms with Crippen molar-refractivity contribution in [3.05, 3.63) is 42.1 Å². The molecule has 0 spiro atoms. The van der Waals surface area contributed by atoms with Crippen molar-refractivity contribution in [1.82, 2.24) is 20.1 Å². The van der Waals surface area contributed by atoms with Gasteiger partial charge in [0.05, 0.1) is 5.52 Å². The number of hydrogen-bond acceptors (Lipinski definition) is 4. The maximum atomic E-state index is 13.1. The molecule has 3 amide bonds. The van der Waals surface area contributed by atoms with Crippen molar-refractivity contribution in [2.45, 2.75) is 51.1 Å². The second-order valence-corrected chi connectivity index (χ2v) is 8.40. The summed E-state index contributed by atoms with van der Waals surface area (Å²) < 4.78 is 5.51. The van der Waals surface area contributed by atoms with Crippen molar-refractivity contribution in [3.8, 4) is 0 Å². The highest BCUT2D eigenvalue weighted by molar-refractivity contribution is 5.95. The number of carbonyl (C=O) groups excluding carboxylic acids is 2. The number of aromatic nitrogens is 1. The molecule has 0 radical (unpaired) electrons. The van der Waals surface area contributed by atoms with Gasteiger partial charge in [-0.15, -0.1) is 0 Å². The number of benzene rings is 1. The molecule has 2 aromatic rings. The summed E-state index contributed by atoms with van der Waals surface area (Å²) in [4.78, 5) is 34.5. The number of para-hydroxylation sites is 1. The Morgan fingerprint density at radius 2 is 1.77 bits per heavy atom. The van der Waals surface area contributed by atoms with Crippen LogP contribution >= 0.6 is 0 Å². The van der Waals surface area contributed by atoms with Crippen molar-refractivity contribution < 1.29 is 14.3 Å². The second-order valence-electron chi connectivity index (χ2n) is 8.40. The van der Waals surface area contributed by atoms with Gasteiger partial charge in [-0.3, -0.25) is 4.79 Å². The van der Waals surface area contributed by atoms with Crippen molar-refractivity contribution in [2.24, 2.45) is 0 Å². The summed E-state index contributed by atoms with van der Waals surface area (Å²) in [5.41, 5.74) is 1.32. The Morgan fingerprint density at radius 1 is 1.06 bits per heavy atom. The first kappa shape index (κ1) is 21.6. The highest BCUT2D eigenvalue weighted by Gasteiger charge is 2.35. The van der Waals surface area contributed by atoms with E-state index in [1.54, 1.807) is 0 Å². The molecule has 0 aliphatic carbocycles. The van der Waals surface area contributed by atoms with Crippen LogP contribution in [0.4, 0.5) is 4.79 Å². The van der Waals surface area contributed by atoms with E-state index >= 15 is 0 Å².